The van der Waals surface area contributed by atoms with Crippen molar-refractivity contribution in [3.63, 3.8) is 0 Å². The summed E-state index contributed by atoms with van der Waals surface area (Å²) in [6.45, 7) is 4.86. The van der Waals surface area contributed by atoms with E-state index < -0.39 is 0 Å². The van der Waals surface area contributed by atoms with E-state index in [1.54, 1.807) is 0 Å². The molecule has 0 saturated carbocycles. The van der Waals surface area contributed by atoms with E-state index in [0.29, 0.717) is 12.0 Å². The number of nitrogens with one attached hydrogen (secondary N) is 1. The van der Waals surface area contributed by atoms with Crippen LogP contribution in [0.2, 0.25) is 5.02 Å². The molecule has 2 atom stereocenters. The molecule has 0 radical (unpaired) electrons. The van der Waals surface area contributed by atoms with Gasteiger partial charge in [-0.25, -0.2) is 0 Å². The number of hydrogen-bond acceptors (Lipinski definition) is 2. The largest absolute Gasteiger partial charge is 0.381 e. The Bertz CT molecular complexity index is 393. The maximum absolute atomic E-state index is 6.14. The molecule has 0 aliphatic carbocycles. The monoisotopic (exact) mass is 379 g/mol. The fourth-order valence-electron chi connectivity index (χ4n) is 2.53. The number of hydrogen-bond donors (Lipinski definition) is 1. The van der Waals surface area contributed by atoms with Crippen molar-refractivity contribution in [2.24, 2.45) is 5.92 Å². The number of halogens is 2. The lowest BCUT2D eigenvalue weighted by atomic mass is 9.88. The minimum Gasteiger partial charge on any atom is -0.381 e. The minimum atomic E-state index is 0.348. The molecule has 2 unspecified atom stereocenters. The maximum Gasteiger partial charge on any atom is 0.0512 e. The van der Waals surface area contributed by atoms with Gasteiger partial charge in [-0.2, -0.15) is 0 Å². The molecule has 2 nitrogen and oxygen atoms in total. The molecule has 2 rings (SSSR count). The van der Waals surface area contributed by atoms with E-state index >= 15 is 0 Å². The van der Waals surface area contributed by atoms with Crippen LogP contribution in [0.5, 0.6) is 0 Å². The summed E-state index contributed by atoms with van der Waals surface area (Å²) in [5.74, 6) is 0.547. The van der Waals surface area contributed by atoms with Crippen molar-refractivity contribution in [2.45, 2.75) is 25.8 Å². The highest BCUT2D eigenvalue weighted by atomic mass is 127. The van der Waals surface area contributed by atoms with E-state index in [0.717, 1.165) is 31.2 Å². The van der Waals surface area contributed by atoms with E-state index in [2.05, 4.69) is 47.0 Å². The summed E-state index contributed by atoms with van der Waals surface area (Å²) in [6.07, 6.45) is 2.38. The second-order valence-corrected chi connectivity index (χ2v) is 6.28. The van der Waals surface area contributed by atoms with Gasteiger partial charge in [0.25, 0.3) is 0 Å². The molecule has 0 bridgehead atoms. The average Bonchev–Trinajstić information content (AvgIpc) is 2.40. The summed E-state index contributed by atoms with van der Waals surface area (Å²) in [5, 5.41) is 4.40. The Morgan fingerprint density at radius 3 is 3.06 bits per heavy atom. The van der Waals surface area contributed by atoms with Gasteiger partial charge in [0.15, 0.2) is 0 Å². The van der Waals surface area contributed by atoms with Crippen molar-refractivity contribution in [3.05, 3.63) is 32.4 Å². The summed E-state index contributed by atoms with van der Waals surface area (Å²) >= 11 is 8.53. The minimum absolute atomic E-state index is 0.348. The fraction of sp³-hybridized carbons (Fsp3) is 0.571. The Hall–Kier alpha value is 0.160. The van der Waals surface area contributed by atoms with Crippen molar-refractivity contribution in [1.29, 1.82) is 0 Å². The van der Waals surface area contributed by atoms with Crippen molar-refractivity contribution in [2.75, 3.05) is 19.8 Å². The van der Waals surface area contributed by atoms with Crippen LogP contribution in [0.3, 0.4) is 0 Å². The normalized spacial score (nSPS) is 21.8. The first-order valence-electron chi connectivity index (χ1n) is 6.48. The van der Waals surface area contributed by atoms with E-state index in [1.807, 2.05) is 6.07 Å². The topological polar surface area (TPSA) is 21.3 Å². The highest BCUT2D eigenvalue weighted by molar-refractivity contribution is 14.1. The lowest BCUT2D eigenvalue weighted by molar-refractivity contribution is 0.0391. The third-order valence-electron chi connectivity index (χ3n) is 3.38. The van der Waals surface area contributed by atoms with E-state index in [1.165, 1.54) is 15.6 Å². The Labute approximate surface area is 128 Å². The third-order valence-corrected chi connectivity index (χ3v) is 4.60. The molecule has 1 aliphatic rings. The van der Waals surface area contributed by atoms with Crippen LogP contribution in [0.25, 0.3) is 0 Å². The first kappa shape index (κ1) is 14.6. The second-order valence-electron chi connectivity index (χ2n) is 4.68. The molecule has 0 aromatic heterocycles. The van der Waals surface area contributed by atoms with E-state index in [-0.39, 0.29) is 0 Å². The maximum atomic E-state index is 6.14. The van der Waals surface area contributed by atoms with Crippen LogP contribution in [0.4, 0.5) is 0 Å². The van der Waals surface area contributed by atoms with Gasteiger partial charge in [-0.15, -0.1) is 0 Å². The summed E-state index contributed by atoms with van der Waals surface area (Å²) < 4.78 is 6.90. The lowest BCUT2D eigenvalue weighted by Gasteiger charge is -2.31. The molecule has 1 aromatic rings. The van der Waals surface area contributed by atoms with Crippen LogP contribution in [-0.2, 0) is 4.74 Å². The van der Waals surface area contributed by atoms with Crippen molar-refractivity contribution in [1.82, 2.24) is 5.32 Å². The predicted octanol–water partition coefficient (Wildman–Crippen LogP) is 4.02. The molecular formula is C14H19ClINO. The van der Waals surface area contributed by atoms with Crippen LogP contribution in [0, 0.1) is 9.49 Å². The van der Waals surface area contributed by atoms with Gasteiger partial charge >= 0.3 is 0 Å². The Morgan fingerprint density at radius 2 is 2.39 bits per heavy atom. The molecule has 18 heavy (non-hydrogen) atoms. The molecule has 1 fully saturated rings. The summed E-state index contributed by atoms with van der Waals surface area (Å²) in [4.78, 5) is 0. The van der Waals surface area contributed by atoms with Gasteiger partial charge in [0.2, 0.25) is 0 Å². The molecule has 1 aliphatic heterocycles. The van der Waals surface area contributed by atoms with Gasteiger partial charge in [-0.3, -0.25) is 0 Å². The highest BCUT2D eigenvalue weighted by Gasteiger charge is 2.26. The highest BCUT2D eigenvalue weighted by Crippen LogP contribution is 2.32. The van der Waals surface area contributed by atoms with Crippen molar-refractivity contribution < 1.29 is 4.74 Å². The van der Waals surface area contributed by atoms with E-state index in [4.69, 9.17) is 16.3 Å². The Kier molecular flexibility index (Phi) is 5.73. The van der Waals surface area contributed by atoms with Gasteiger partial charge < -0.3 is 10.1 Å². The number of ether oxygens (including phenoxy) is 1. The van der Waals surface area contributed by atoms with Gasteiger partial charge in [0.1, 0.15) is 0 Å². The zero-order valence-corrected chi connectivity index (χ0v) is 13.5. The molecule has 1 N–H and O–H groups in total. The standard InChI is InChI=1S/C14H19ClINO/c1-2-17-14(10-4-3-7-18-9-10)12-8-11(15)5-6-13(12)16/h5-6,8,10,14,17H,2-4,7,9H2,1H3. The molecule has 100 valence electrons. The van der Waals surface area contributed by atoms with Crippen LogP contribution in [0.1, 0.15) is 31.4 Å². The molecule has 1 heterocycles. The summed E-state index contributed by atoms with van der Waals surface area (Å²) in [6, 6.07) is 6.48. The molecule has 0 amide bonds. The predicted molar refractivity (Wildman–Crippen MR) is 84.1 cm³/mol. The molecule has 4 heteroatoms. The summed E-state index contributed by atoms with van der Waals surface area (Å²) in [7, 11) is 0. The molecular weight excluding hydrogens is 361 g/mol. The zero-order chi connectivity index (χ0) is 13.0. The van der Waals surface area contributed by atoms with Crippen molar-refractivity contribution >= 4 is 34.2 Å². The van der Waals surface area contributed by atoms with Gasteiger partial charge in [0, 0.05) is 27.2 Å². The van der Waals surface area contributed by atoms with Gasteiger partial charge in [-0.1, -0.05) is 18.5 Å². The van der Waals surface area contributed by atoms with Crippen LogP contribution in [0.15, 0.2) is 18.2 Å². The number of benzene rings is 1. The van der Waals surface area contributed by atoms with Crippen LogP contribution < -0.4 is 5.32 Å². The quantitative estimate of drug-likeness (QED) is 0.798. The number of rotatable bonds is 4. The fourth-order valence-corrected chi connectivity index (χ4v) is 3.38. The van der Waals surface area contributed by atoms with Crippen LogP contribution in [-0.4, -0.2) is 19.8 Å². The Morgan fingerprint density at radius 1 is 1.56 bits per heavy atom. The SMILES string of the molecule is CCNC(c1cc(Cl)ccc1I)C1CCCOC1. The van der Waals surface area contributed by atoms with Crippen LogP contribution >= 0.6 is 34.2 Å². The zero-order valence-electron chi connectivity index (χ0n) is 10.6. The van der Waals surface area contributed by atoms with E-state index in [9.17, 15) is 0 Å². The Balaban J connectivity index is 2.24. The van der Waals surface area contributed by atoms with Crippen molar-refractivity contribution in [3.8, 4) is 0 Å². The summed E-state index contributed by atoms with van der Waals surface area (Å²) in [5.41, 5.74) is 1.31. The van der Waals surface area contributed by atoms with Gasteiger partial charge in [-0.05, 0) is 65.7 Å². The molecule has 1 aromatic carbocycles. The lowest BCUT2D eigenvalue weighted by Crippen LogP contribution is -2.33. The second kappa shape index (κ2) is 7.08. The third kappa shape index (κ3) is 3.59. The smallest absolute Gasteiger partial charge is 0.0512 e. The van der Waals surface area contributed by atoms with Gasteiger partial charge in [0.05, 0.1) is 6.61 Å². The first-order valence-corrected chi connectivity index (χ1v) is 7.94. The molecule has 0 spiro atoms. The molecule has 1 saturated heterocycles. The first-order chi connectivity index (χ1) is 8.72. The average molecular weight is 380 g/mol.